The summed E-state index contributed by atoms with van der Waals surface area (Å²) in [6.45, 7) is 4.70. The van der Waals surface area contributed by atoms with Gasteiger partial charge < -0.3 is 34.4 Å². The average molecular weight is 820 g/mol. The number of carbonyl (C=O) groups is 2. The van der Waals surface area contributed by atoms with E-state index in [1.807, 2.05) is 60.4 Å². The van der Waals surface area contributed by atoms with Crippen molar-refractivity contribution in [1.29, 1.82) is 5.26 Å². The number of carboxylic acids is 2. The maximum absolute atomic E-state index is 12.2. The van der Waals surface area contributed by atoms with Crippen LogP contribution in [-0.2, 0) is 27.5 Å². The van der Waals surface area contributed by atoms with Crippen LogP contribution >= 0.6 is 23.2 Å². The zero-order valence-corrected chi connectivity index (χ0v) is 33.4. The Morgan fingerprint density at radius 1 is 1.04 bits per heavy atom. The van der Waals surface area contributed by atoms with Gasteiger partial charge in [-0.3, -0.25) is 14.7 Å². The molecule has 1 aromatic heterocycles. The summed E-state index contributed by atoms with van der Waals surface area (Å²) in [5.74, 6) is -1.31. The average Bonchev–Trinajstić information content (AvgIpc) is 3.20. The minimum Gasteiger partial charge on any atom is -0.488 e. The van der Waals surface area contributed by atoms with Crippen molar-refractivity contribution in [2.24, 2.45) is 0 Å². The summed E-state index contributed by atoms with van der Waals surface area (Å²) in [5, 5.41) is 39.5. The first kappa shape index (κ1) is 42.1. The number of piperidine rings is 2. The van der Waals surface area contributed by atoms with Crippen LogP contribution in [0.5, 0.6) is 11.5 Å². The van der Waals surface area contributed by atoms with Crippen LogP contribution in [0.3, 0.4) is 0 Å². The van der Waals surface area contributed by atoms with Gasteiger partial charge in [-0.05, 0) is 74.9 Å². The van der Waals surface area contributed by atoms with Crippen molar-refractivity contribution in [3.8, 4) is 17.6 Å². The Morgan fingerprint density at radius 3 is 2.53 bits per heavy atom. The van der Waals surface area contributed by atoms with Gasteiger partial charge in [-0.25, -0.2) is 4.79 Å². The number of allylic oxidation sites excluding steroid dienone is 2. The van der Waals surface area contributed by atoms with Crippen LogP contribution in [-0.4, -0.2) is 104 Å². The Balaban J connectivity index is 1.25. The number of hydrogen-bond acceptors (Lipinski definition) is 10. The van der Waals surface area contributed by atoms with Crippen molar-refractivity contribution < 1.29 is 39.1 Å². The van der Waals surface area contributed by atoms with E-state index in [0.717, 1.165) is 24.0 Å². The lowest BCUT2D eigenvalue weighted by atomic mass is 9.76. The van der Waals surface area contributed by atoms with Gasteiger partial charge in [0, 0.05) is 62.4 Å². The van der Waals surface area contributed by atoms with E-state index < -0.39 is 34.1 Å². The highest BCUT2D eigenvalue weighted by Crippen LogP contribution is 2.48. The Labute approximate surface area is 342 Å². The first-order valence-corrected chi connectivity index (χ1v) is 19.9. The van der Waals surface area contributed by atoms with Crippen LogP contribution in [0.25, 0.3) is 5.57 Å². The molecule has 2 saturated heterocycles. The third-order valence-corrected chi connectivity index (χ3v) is 12.0. The molecule has 3 aliphatic rings. The molecule has 3 aromatic rings. The molecule has 2 aliphatic heterocycles. The number of rotatable bonds is 16. The molecule has 12 nitrogen and oxygen atoms in total. The number of carboxylic acid groups (broad SMARTS) is 2. The Kier molecular flexibility index (Phi) is 13.6. The van der Waals surface area contributed by atoms with Crippen molar-refractivity contribution >= 4 is 40.7 Å². The largest absolute Gasteiger partial charge is 0.488 e. The molecule has 0 radical (unpaired) electrons. The number of aliphatic carboxylic acids is 2. The van der Waals surface area contributed by atoms with Gasteiger partial charge in [-0.1, -0.05) is 60.5 Å². The van der Waals surface area contributed by atoms with Crippen molar-refractivity contribution in [2.75, 3.05) is 39.4 Å². The molecule has 2 unspecified atom stereocenters. The van der Waals surface area contributed by atoms with E-state index in [4.69, 9.17) is 37.4 Å². The molecule has 0 spiro atoms. The molecular weight excluding hydrogens is 771 g/mol. The van der Waals surface area contributed by atoms with Crippen LogP contribution in [0, 0.1) is 11.3 Å². The molecule has 6 rings (SSSR count). The lowest BCUT2D eigenvalue weighted by molar-refractivity contribution is -0.163. The fraction of sp³-hybridized carbons (Fsp3) is 0.442. The Bertz CT molecular complexity index is 2010. The first-order valence-electron chi connectivity index (χ1n) is 19.2. The smallest absolute Gasteiger partial charge is 0.335 e. The number of aliphatic hydroxyl groups is 1. The van der Waals surface area contributed by atoms with Gasteiger partial charge in [-0.2, -0.15) is 5.26 Å². The van der Waals surface area contributed by atoms with Gasteiger partial charge in [0.2, 0.25) is 0 Å². The molecule has 0 amide bonds. The van der Waals surface area contributed by atoms with Crippen molar-refractivity contribution in [3.63, 3.8) is 0 Å². The number of nitriles is 1. The van der Waals surface area contributed by atoms with E-state index in [-0.39, 0.29) is 32.6 Å². The van der Waals surface area contributed by atoms with E-state index in [1.165, 1.54) is 6.20 Å². The number of benzene rings is 2. The summed E-state index contributed by atoms with van der Waals surface area (Å²) < 4.78 is 19.7. The number of likely N-dealkylation sites (tertiary alicyclic amines) is 2. The molecule has 57 heavy (non-hydrogen) atoms. The van der Waals surface area contributed by atoms with Gasteiger partial charge >= 0.3 is 11.9 Å². The Hall–Kier alpha value is -4.48. The number of nitrogens with zero attached hydrogens (tertiary/aromatic N) is 4. The van der Waals surface area contributed by atoms with Crippen LogP contribution in [0.4, 0.5) is 0 Å². The molecule has 302 valence electrons. The van der Waals surface area contributed by atoms with Crippen LogP contribution < -0.4 is 9.47 Å². The standard InChI is InChI=1S/C43H48Cl2N4O8/c1-41(45)34(32-9-3-2-4-10-32)11-7-13-43(41,57-20-8-16-48-18-14-42(54,15-19-48)40(52)53)29-56-38-23-37(55-28-31-21-30(24-46)25-47-26-31)33(22-35(38)44)27-49-17-6-5-12-36(49)39(50)51/h2-4,7,9-11,13,21-23,25-26,36,54H,5-6,8,12,14-20,27-29H2,1H3,(H,50,51)(H,52,53)/t36-,41?,43?/m0/s1. The summed E-state index contributed by atoms with van der Waals surface area (Å²) in [6.07, 6.45) is 12.0. The lowest BCUT2D eigenvalue weighted by Crippen LogP contribution is -2.55. The van der Waals surface area contributed by atoms with Gasteiger partial charge in [0.05, 0.1) is 10.6 Å². The second kappa shape index (κ2) is 18.4. The fourth-order valence-electron chi connectivity index (χ4n) is 7.73. The van der Waals surface area contributed by atoms with Crippen LogP contribution in [0.2, 0.25) is 5.02 Å². The molecule has 3 heterocycles. The van der Waals surface area contributed by atoms with E-state index in [0.29, 0.717) is 78.8 Å². The number of aromatic nitrogens is 1. The van der Waals surface area contributed by atoms with Gasteiger partial charge in [0.1, 0.15) is 47.3 Å². The van der Waals surface area contributed by atoms with Crippen molar-refractivity contribution in [2.45, 2.75) is 80.7 Å². The van der Waals surface area contributed by atoms with Crippen molar-refractivity contribution in [3.05, 3.63) is 106 Å². The van der Waals surface area contributed by atoms with E-state index in [9.17, 15) is 30.2 Å². The zero-order chi connectivity index (χ0) is 40.6. The molecule has 0 bridgehead atoms. The SMILES string of the molecule is CC1(Cl)C(c2ccccc2)=CC=CC1(COc1cc(OCc2cncc(C#N)c2)c(CN2CCCC[C@H]2C(=O)O)cc1Cl)OCCCN1CCC(O)(C(=O)O)CC1. The minimum atomic E-state index is -1.69. The first-order chi connectivity index (χ1) is 27.3. The predicted molar refractivity (Wildman–Crippen MR) is 215 cm³/mol. The number of ether oxygens (including phenoxy) is 3. The highest BCUT2D eigenvalue weighted by Gasteiger charge is 2.51. The monoisotopic (exact) mass is 818 g/mol. The third-order valence-electron chi connectivity index (χ3n) is 11.2. The summed E-state index contributed by atoms with van der Waals surface area (Å²) in [5.41, 5.74) is 0.650. The lowest BCUT2D eigenvalue weighted by Gasteiger charge is -2.45. The molecule has 0 saturated carbocycles. The van der Waals surface area contributed by atoms with Gasteiger partial charge in [0.15, 0.2) is 5.60 Å². The van der Waals surface area contributed by atoms with Crippen LogP contribution in [0.15, 0.2) is 79.2 Å². The highest BCUT2D eigenvalue weighted by molar-refractivity contribution is 6.32. The van der Waals surface area contributed by atoms with Gasteiger partial charge in [-0.15, -0.1) is 11.6 Å². The van der Waals surface area contributed by atoms with Gasteiger partial charge in [0.25, 0.3) is 0 Å². The summed E-state index contributed by atoms with van der Waals surface area (Å²) >= 11 is 14.5. The highest BCUT2D eigenvalue weighted by atomic mass is 35.5. The zero-order valence-electron chi connectivity index (χ0n) is 31.9. The number of pyridine rings is 1. The van der Waals surface area contributed by atoms with E-state index in [1.54, 1.807) is 24.4 Å². The molecule has 14 heteroatoms. The van der Waals surface area contributed by atoms with E-state index in [2.05, 4.69) is 16.0 Å². The molecule has 1 aliphatic carbocycles. The number of alkyl halides is 1. The number of halogens is 2. The molecule has 3 N–H and O–H groups in total. The quantitative estimate of drug-likeness (QED) is 0.104. The molecular formula is C43H48Cl2N4O8. The van der Waals surface area contributed by atoms with Crippen molar-refractivity contribution in [1.82, 2.24) is 14.8 Å². The topological polar surface area (TPSA) is 166 Å². The van der Waals surface area contributed by atoms with E-state index >= 15 is 0 Å². The maximum atomic E-state index is 12.2. The summed E-state index contributed by atoms with van der Waals surface area (Å²) in [4.78, 5) is 30.8. The minimum absolute atomic E-state index is 0.0388. The molecule has 2 aromatic carbocycles. The second-order valence-corrected chi connectivity index (χ2v) is 16.2. The summed E-state index contributed by atoms with van der Waals surface area (Å²) in [7, 11) is 0. The summed E-state index contributed by atoms with van der Waals surface area (Å²) in [6, 6.07) is 16.4. The second-order valence-electron chi connectivity index (χ2n) is 15.1. The predicted octanol–water partition coefficient (Wildman–Crippen LogP) is 6.71. The maximum Gasteiger partial charge on any atom is 0.335 e. The number of hydrogen-bond donors (Lipinski definition) is 3. The third kappa shape index (κ3) is 9.80. The van der Waals surface area contributed by atoms with Crippen LogP contribution in [0.1, 0.15) is 67.7 Å². The Morgan fingerprint density at radius 2 is 1.81 bits per heavy atom. The molecule has 3 atom stereocenters. The fourth-order valence-corrected chi connectivity index (χ4v) is 8.32. The molecule has 2 fully saturated rings. The normalized spacial score (nSPS) is 23.6.